The largest absolute Gasteiger partial charge is 0.493 e. The van der Waals surface area contributed by atoms with E-state index in [1.165, 1.54) is 6.20 Å². The molecule has 0 saturated carbocycles. The number of carbonyl (C=O) groups is 1. The van der Waals surface area contributed by atoms with E-state index in [4.69, 9.17) is 25.8 Å². The summed E-state index contributed by atoms with van der Waals surface area (Å²) < 4.78 is 18.9. The Balaban J connectivity index is 1.20. The monoisotopic (exact) mass is 754 g/mol. The van der Waals surface area contributed by atoms with E-state index < -0.39 is 24.2 Å². The Kier molecular flexibility index (Phi) is 12.7. The van der Waals surface area contributed by atoms with Crippen molar-refractivity contribution in [1.82, 2.24) is 14.8 Å². The van der Waals surface area contributed by atoms with E-state index in [1.54, 1.807) is 29.3 Å². The molecular formula is C42H47ClN4O7. The standard InChI is InChI=1S/C42H47ClN4O7/c1-26-31(7-4-8-34(26)35-9-5-10-39(27(35)2)52-14-6-12-46-13-11-32(48)22-46)25-54-41-18-40(53-24-30-15-29(19-44)20-45-21-30)36(17-37(41)43)28(3)47-23-33(49)16-38(47)42(50)51/h4-5,7-10,15,17-18,20-21,28,32-33,38,48-49H,6,11-14,16,22-25H2,1-3H3,(H,50,51)/t28?,32?,33-,38+/m1/s1. The van der Waals surface area contributed by atoms with Gasteiger partial charge in [0.05, 0.1) is 29.4 Å². The average Bonchev–Trinajstić information content (AvgIpc) is 3.78. The van der Waals surface area contributed by atoms with Crippen LogP contribution >= 0.6 is 11.6 Å². The third-order valence-electron chi connectivity index (χ3n) is 10.5. The molecule has 2 fully saturated rings. The smallest absolute Gasteiger partial charge is 0.321 e. The quantitative estimate of drug-likeness (QED) is 0.115. The highest BCUT2D eigenvalue weighted by molar-refractivity contribution is 6.32. The molecule has 11 nitrogen and oxygen atoms in total. The van der Waals surface area contributed by atoms with Crippen LogP contribution in [0.25, 0.3) is 11.1 Å². The fraction of sp³-hybridized carbons (Fsp3) is 0.405. The number of β-amino-alcohol motifs (C(OH)–C–C–N with tert-alkyl or cyclic N) is 2. The highest BCUT2D eigenvalue weighted by atomic mass is 35.5. The van der Waals surface area contributed by atoms with Crippen molar-refractivity contribution in [3.8, 4) is 34.4 Å². The molecule has 0 aliphatic carbocycles. The van der Waals surface area contributed by atoms with Gasteiger partial charge in [-0.1, -0.05) is 41.9 Å². The van der Waals surface area contributed by atoms with Gasteiger partial charge in [0.2, 0.25) is 0 Å². The molecule has 0 radical (unpaired) electrons. The molecule has 54 heavy (non-hydrogen) atoms. The van der Waals surface area contributed by atoms with Crippen molar-refractivity contribution in [2.24, 2.45) is 0 Å². The van der Waals surface area contributed by atoms with Gasteiger partial charge in [-0.05, 0) is 79.6 Å². The van der Waals surface area contributed by atoms with Crippen molar-refractivity contribution in [3.63, 3.8) is 0 Å². The molecule has 2 aliphatic heterocycles. The van der Waals surface area contributed by atoms with Gasteiger partial charge in [0, 0.05) is 68.2 Å². The first-order chi connectivity index (χ1) is 26.0. The van der Waals surface area contributed by atoms with Crippen LogP contribution in [0.4, 0.5) is 0 Å². The zero-order valence-corrected chi connectivity index (χ0v) is 31.6. The number of likely N-dealkylation sites (tertiary alicyclic amines) is 2. The molecule has 1 aromatic heterocycles. The van der Waals surface area contributed by atoms with Gasteiger partial charge in [0.25, 0.3) is 0 Å². The summed E-state index contributed by atoms with van der Waals surface area (Å²) in [6, 6.07) is 18.1. The van der Waals surface area contributed by atoms with Crippen molar-refractivity contribution in [2.45, 2.75) is 77.5 Å². The number of carboxylic acid groups (broad SMARTS) is 1. The van der Waals surface area contributed by atoms with Crippen molar-refractivity contribution < 1.29 is 34.3 Å². The van der Waals surface area contributed by atoms with Crippen LogP contribution in [0.2, 0.25) is 5.02 Å². The number of benzene rings is 3. The number of nitrogens with zero attached hydrogens (tertiary/aromatic N) is 4. The van der Waals surface area contributed by atoms with Gasteiger partial charge in [0.1, 0.15) is 42.6 Å². The van der Waals surface area contributed by atoms with E-state index in [9.17, 15) is 25.4 Å². The van der Waals surface area contributed by atoms with Crippen LogP contribution in [-0.4, -0.2) is 87.1 Å². The lowest BCUT2D eigenvalue weighted by Crippen LogP contribution is -2.38. The normalized spacial score (nSPS) is 19.4. The fourth-order valence-corrected chi connectivity index (χ4v) is 7.65. The maximum atomic E-state index is 12.1. The molecule has 12 heteroatoms. The fourth-order valence-electron chi connectivity index (χ4n) is 7.42. The molecule has 2 unspecified atom stereocenters. The molecule has 4 aromatic rings. The zero-order valence-electron chi connectivity index (χ0n) is 30.9. The van der Waals surface area contributed by atoms with Gasteiger partial charge < -0.3 is 34.4 Å². The maximum Gasteiger partial charge on any atom is 0.321 e. The number of rotatable bonds is 15. The van der Waals surface area contributed by atoms with E-state index in [-0.39, 0.29) is 32.3 Å². The Labute approximate surface area is 321 Å². The van der Waals surface area contributed by atoms with E-state index in [2.05, 4.69) is 41.9 Å². The van der Waals surface area contributed by atoms with Gasteiger partial charge in [-0.3, -0.25) is 14.7 Å². The number of halogens is 1. The lowest BCUT2D eigenvalue weighted by molar-refractivity contribution is -0.143. The number of aromatic nitrogens is 1. The third kappa shape index (κ3) is 9.14. The third-order valence-corrected chi connectivity index (χ3v) is 10.8. The first kappa shape index (κ1) is 39.0. The molecule has 4 atom stereocenters. The molecular weight excluding hydrogens is 708 g/mol. The molecule has 0 spiro atoms. The number of carboxylic acids is 1. The lowest BCUT2D eigenvalue weighted by atomic mass is 9.93. The second kappa shape index (κ2) is 17.6. The predicted molar refractivity (Wildman–Crippen MR) is 205 cm³/mol. The highest BCUT2D eigenvalue weighted by Crippen LogP contribution is 2.41. The topological polar surface area (TPSA) is 149 Å². The van der Waals surface area contributed by atoms with E-state index in [0.29, 0.717) is 39.8 Å². The number of aliphatic hydroxyl groups is 2. The first-order valence-electron chi connectivity index (χ1n) is 18.3. The Bertz CT molecular complexity index is 2000. The number of aliphatic carboxylic acids is 1. The zero-order chi connectivity index (χ0) is 38.4. The predicted octanol–water partition coefficient (Wildman–Crippen LogP) is 6.46. The molecule has 284 valence electrons. The summed E-state index contributed by atoms with van der Waals surface area (Å²) >= 11 is 6.86. The summed E-state index contributed by atoms with van der Waals surface area (Å²) in [7, 11) is 0. The minimum absolute atomic E-state index is 0.0974. The maximum absolute atomic E-state index is 12.1. The van der Waals surface area contributed by atoms with Crippen molar-refractivity contribution in [2.75, 3.05) is 32.8 Å². The van der Waals surface area contributed by atoms with Gasteiger partial charge in [-0.25, -0.2) is 0 Å². The van der Waals surface area contributed by atoms with Crippen LogP contribution in [0.1, 0.15) is 65.6 Å². The highest BCUT2D eigenvalue weighted by Gasteiger charge is 2.40. The Morgan fingerprint density at radius 1 is 0.963 bits per heavy atom. The van der Waals surface area contributed by atoms with Crippen LogP contribution in [0.5, 0.6) is 17.2 Å². The summed E-state index contributed by atoms with van der Waals surface area (Å²) in [5.41, 5.74) is 6.95. The molecule has 6 rings (SSSR count). The van der Waals surface area contributed by atoms with Crippen molar-refractivity contribution >= 4 is 17.6 Å². The van der Waals surface area contributed by atoms with E-state index >= 15 is 0 Å². The number of nitriles is 1. The Hall–Kier alpha value is -4.70. The Morgan fingerprint density at radius 3 is 2.46 bits per heavy atom. The second-order valence-electron chi connectivity index (χ2n) is 14.2. The van der Waals surface area contributed by atoms with Crippen molar-refractivity contribution in [1.29, 1.82) is 5.26 Å². The SMILES string of the molecule is Cc1c(COc2cc(OCc3cncc(C#N)c3)c(C(C)N3C[C@H](O)C[C@H]3C(=O)O)cc2Cl)cccc1-c1cccc(OCCCN2CCC(O)C2)c1C. The van der Waals surface area contributed by atoms with Crippen LogP contribution in [0, 0.1) is 25.2 Å². The lowest BCUT2D eigenvalue weighted by Gasteiger charge is -2.30. The Morgan fingerprint density at radius 2 is 1.72 bits per heavy atom. The molecule has 3 N–H and O–H groups in total. The van der Waals surface area contributed by atoms with Crippen LogP contribution in [-0.2, 0) is 18.0 Å². The van der Waals surface area contributed by atoms with Gasteiger partial charge in [-0.2, -0.15) is 5.26 Å². The minimum Gasteiger partial charge on any atom is -0.493 e. The van der Waals surface area contributed by atoms with E-state index in [0.717, 1.165) is 66.0 Å². The molecule has 0 bridgehead atoms. The van der Waals surface area contributed by atoms with Crippen LogP contribution in [0.3, 0.4) is 0 Å². The first-order valence-corrected chi connectivity index (χ1v) is 18.7. The van der Waals surface area contributed by atoms with Crippen molar-refractivity contribution in [3.05, 3.63) is 105 Å². The number of pyridine rings is 1. The van der Waals surface area contributed by atoms with E-state index in [1.807, 2.05) is 31.2 Å². The molecule has 2 aliphatic rings. The summed E-state index contributed by atoms with van der Waals surface area (Å²) in [4.78, 5) is 20.2. The molecule has 0 amide bonds. The molecule has 2 saturated heterocycles. The van der Waals surface area contributed by atoms with Gasteiger partial charge >= 0.3 is 5.97 Å². The van der Waals surface area contributed by atoms with Crippen LogP contribution < -0.4 is 14.2 Å². The summed E-state index contributed by atoms with van der Waals surface area (Å²) in [5.74, 6) is 0.665. The van der Waals surface area contributed by atoms with Gasteiger partial charge in [0.15, 0.2) is 0 Å². The summed E-state index contributed by atoms with van der Waals surface area (Å²) in [5, 5.41) is 39.7. The molecule has 3 aromatic carbocycles. The minimum atomic E-state index is -1.01. The number of aliphatic hydroxyl groups excluding tert-OH is 2. The number of hydrogen-bond donors (Lipinski definition) is 3. The van der Waals surface area contributed by atoms with Crippen LogP contribution in [0.15, 0.2) is 67.0 Å². The van der Waals surface area contributed by atoms with Gasteiger partial charge in [-0.15, -0.1) is 0 Å². The number of hydrogen-bond acceptors (Lipinski definition) is 10. The second-order valence-corrected chi connectivity index (χ2v) is 14.6. The summed E-state index contributed by atoms with van der Waals surface area (Å²) in [6.45, 7) is 9.67. The summed E-state index contributed by atoms with van der Waals surface area (Å²) in [6.07, 6.45) is 3.95. The number of ether oxygens (including phenoxy) is 3. The average molecular weight is 755 g/mol. The molecule has 3 heterocycles.